The topological polar surface area (TPSA) is 95.1 Å². The van der Waals surface area contributed by atoms with E-state index in [1.165, 1.54) is 11.3 Å². The van der Waals surface area contributed by atoms with E-state index in [4.69, 9.17) is 18.9 Å². The van der Waals surface area contributed by atoms with Gasteiger partial charge in [-0.1, -0.05) is 24.3 Å². The average Bonchev–Trinajstić information content (AvgIpc) is 3.57. The molecule has 8 nitrogen and oxygen atoms in total. The van der Waals surface area contributed by atoms with E-state index in [0.717, 1.165) is 5.75 Å². The fraction of sp³-hybridized carbons (Fsp3) is 0.250. The van der Waals surface area contributed by atoms with Crippen LogP contribution in [0.15, 0.2) is 72.1 Å². The van der Waals surface area contributed by atoms with Gasteiger partial charge in [-0.15, -0.1) is 11.3 Å². The average molecular weight is 467 g/mol. The summed E-state index contributed by atoms with van der Waals surface area (Å²) >= 11 is 1.37. The van der Waals surface area contributed by atoms with Crippen LogP contribution in [0.2, 0.25) is 0 Å². The van der Waals surface area contributed by atoms with Crippen molar-refractivity contribution in [3.05, 3.63) is 77.0 Å². The normalized spacial score (nSPS) is 23.5. The van der Waals surface area contributed by atoms with Crippen LogP contribution in [0, 0.1) is 0 Å². The molecule has 5 rings (SSSR count). The number of fused-ring (bicyclic) bond motifs is 1. The minimum Gasteiger partial charge on any atom is -0.457 e. The Kier molecular flexibility index (Phi) is 6.25. The van der Waals surface area contributed by atoms with Crippen molar-refractivity contribution in [2.45, 2.75) is 24.4 Å². The quantitative estimate of drug-likeness (QED) is 0.569. The molecule has 9 heteroatoms. The molecule has 2 saturated heterocycles. The van der Waals surface area contributed by atoms with Crippen molar-refractivity contribution in [2.75, 3.05) is 18.5 Å². The zero-order chi connectivity index (χ0) is 22.6. The van der Waals surface area contributed by atoms with Crippen LogP contribution in [-0.2, 0) is 14.2 Å². The number of nitrogens with one attached hydrogen (secondary N) is 2. The lowest BCUT2D eigenvalue weighted by molar-refractivity contribution is 0.00862. The lowest BCUT2D eigenvalue weighted by atomic mass is 10.1. The second-order valence-corrected chi connectivity index (χ2v) is 8.61. The van der Waals surface area contributed by atoms with Crippen molar-refractivity contribution < 1.29 is 28.5 Å². The van der Waals surface area contributed by atoms with Crippen LogP contribution >= 0.6 is 11.3 Å². The summed E-state index contributed by atoms with van der Waals surface area (Å²) < 4.78 is 22.9. The lowest BCUT2D eigenvalue weighted by Gasteiger charge is -2.18. The molecule has 0 spiro atoms. The molecule has 2 aliphatic heterocycles. The predicted molar refractivity (Wildman–Crippen MR) is 122 cm³/mol. The van der Waals surface area contributed by atoms with E-state index in [1.807, 2.05) is 41.8 Å². The highest BCUT2D eigenvalue weighted by Gasteiger charge is 2.50. The molecule has 2 aliphatic rings. The second-order valence-electron chi connectivity index (χ2n) is 7.66. The van der Waals surface area contributed by atoms with Crippen molar-refractivity contribution in [1.82, 2.24) is 5.32 Å². The van der Waals surface area contributed by atoms with Gasteiger partial charge in [-0.05, 0) is 47.8 Å². The molecule has 0 aliphatic carbocycles. The van der Waals surface area contributed by atoms with Gasteiger partial charge in [-0.25, -0.2) is 4.79 Å². The Hall–Kier alpha value is -3.40. The standard InChI is InChI=1S/C24H22N2O6S/c27-23(20-7-4-12-33-20)26-18-13-29-22-19(14-30-21(18)22)32-24(28)25-15-8-10-17(11-9-15)31-16-5-2-1-3-6-16/h1-12,18-19,21-22H,13-14H2,(H,25,28)(H,26,27). The molecule has 4 atom stereocenters. The van der Waals surface area contributed by atoms with Gasteiger partial charge in [0.1, 0.15) is 23.7 Å². The maximum Gasteiger partial charge on any atom is 0.412 e. The number of para-hydroxylation sites is 1. The summed E-state index contributed by atoms with van der Waals surface area (Å²) in [5.41, 5.74) is 0.573. The van der Waals surface area contributed by atoms with Crippen LogP contribution in [0.5, 0.6) is 11.5 Å². The Morgan fingerprint density at radius 2 is 1.64 bits per heavy atom. The van der Waals surface area contributed by atoms with Crippen LogP contribution in [0.25, 0.3) is 0 Å². The van der Waals surface area contributed by atoms with Crippen molar-refractivity contribution in [2.24, 2.45) is 0 Å². The number of carbonyl (C=O) groups is 2. The fourth-order valence-electron chi connectivity index (χ4n) is 3.85. The van der Waals surface area contributed by atoms with Gasteiger partial charge in [0.05, 0.1) is 24.1 Å². The van der Waals surface area contributed by atoms with Gasteiger partial charge in [0, 0.05) is 5.69 Å². The van der Waals surface area contributed by atoms with Gasteiger partial charge in [0.2, 0.25) is 0 Å². The Morgan fingerprint density at radius 3 is 2.39 bits per heavy atom. The smallest absolute Gasteiger partial charge is 0.412 e. The Bertz CT molecular complexity index is 1090. The van der Waals surface area contributed by atoms with Gasteiger partial charge < -0.3 is 24.3 Å². The monoisotopic (exact) mass is 466 g/mol. The summed E-state index contributed by atoms with van der Waals surface area (Å²) in [6, 6.07) is 19.7. The number of hydrogen-bond acceptors (Lipinski definition) is 7. The first-order valence-corrected chi connectivity index (χ1v) is 11.4. The molecule has 0 radical (unpaired) electrons. The summed E-state index contributed by atoms with van der Waals surface area (Å²) in [7, 11) is 0. The van der Waals surface area contributed by atoms with Crippen molar-refractivity contribution in [1.29, 1.82) is 0 Å². The number of hydrogen-bond donors (Lipinski definition) is 2. The van der Waals surface area contributed by atoms with E-state index in [0.29, 0.717) is 22.9 Å². The third kappa shape index (κ3) is 5.00. The highest BCUT2D eigenvalue weighted by Crippen LogP contribution is 2.30. The molecule has 2 amide bonds. The van der Waals surface area contributed by atoms with Gasteiger partial charge in [0.15, 0.2) is 6.10 Å². The molecule has 170 valence electrons. The Labute approximate surface area is 194 Å². The zero-order valence-corrected chi connectivity index (χ0v) is 18.3. The number of benzene rings is 2. The van der Waals surface area contributed by atoms with Crippen LogP contribution in [0.3, 0.4) is 0 Å². The van der Waals surface area contributed by atoms with E-state index < -0.39 is 18.3 Å². The molecular weight excluding hydrogens is 444 g/mol. The summed E-state index contributed by atoms with van der Waals surface area (Å²) in [5.74, 6) is 1.22. The summed E-state index contributed by atoms with van der Waals surface area (Å²) in [6.07, 6.45) is -1.94. The first-order valence-electron chi connectivity index (χ1n) is 10.5. The summed E-state index contributed by atoms with van der Waals surface area (Å²) in [4.78, 5) is 25.4. The molecule has 1 aromatic heterocycles. The number of ether oxygens (including phenoxy) is 4. The van der Waals surface area contributed by atoms with E-state index >= 15 is 0 Å². The number of amides is 2. The van der Waals surface area contributed by atoms with E-state index in [9.17, 15) is 9.59 Å². The largest absolute Gasteiger partial charge is 0.457 e. The third-order valence-corrected chi connectivity index (χ3v) is 6.28. The molecule has 3 heterocycles. The molecule has 4 unspecified atom stereocenters. The van der Waals surface area contributed by atoms with Crippen molar-refractivity contribution in [3.63, 3.8) is 0 Å². The van der Waals surface area contributed by atoms with Crippen molar-refractivity contribution >= 4 is 29.0 Å². The minimum absolute atomic E-state index is 0.162. The minimum atomic E-state index is -0.601. The van der Waals surface area contributed by atoms with E-state index in [1.54, 1.807) is 30.3 Å². The lowest BCUT2D eigenvalue weighted by Crippen LogP contribution is -2.44. The van der Waals surface area contributed by atoms with Gasteiger partial charge in [-0.3, -0.25) is 10.1 Å². The molecule has 2 N–H and O–H groups in total. The number of thiophene rings is 1. The number of carbonyl (C=O) groups excluding carboxylic acids is 2. The molecule has 0 saturated carbocycles. The molecule has 2 aromatic carbocycles. The molecule has 0 bridgehead atoms. The number of anilines is 1. The molecular formula is C24H22N2O6S. The summed E-state index contributed by atoms with van der Waals surface area (Å²) in [5, 5.41) is 7.50. The first kappa shape index (κ1) is 21.4. The van der Waals surface area contributed by atoms with Gasteiger partial charge in [-0.2, -0.15) is 0 Å². The molecule has 33 heavy (non-hydrogen) atoms. The highest BCUT2D eigenvalue weighted by atomic mass is 32.1. The van der Waals surface area contributed by atoms with Gasteiger partial charge >= 0.3 is 6.09 Å². The highest BCUT2D eigenvalue weighted by molar-refractivity contribution is 7.12. The van der Waals surface area contributed by atoms with Crippen LogP contribution in [0.1, 0.15) is 9.67 Å². The van der Waals surface area contributed by atoms with E-state index in [2.05, 4.69) is 10.6 Å². The SMILES string of the molecule is O=C(Nc1ccc(Oc2ccccc2)cc1)OC1COC2C(NC(=O)c3cccs3)COC12. The molecule has 3 aromatic rings. The number of rotatable bonds is 6. The third-order valence-electron chi connectivity index (χ3n) is 5.41. The summed E-state index contributed by atoms with van der Waals surface area (Å²) in [6.45, 7) is 0.509. The van der Waals surface area contributed by atoms with Crippen molar-refractivity contribution in [3.8, 4) is 11.5 Å². The second kappa shape index (κ2) is 9.62. The van der Waals surface area contributed by atoms with E-state index in [-0.39, 0.29) is 24.7 Å². The zero-order valence-electron chi connectivity index (χ0n) is 17.5. The van der Waals surface area contributed by atoms with Crippen LogP contribution in [-0.4, -0.2) is 49.6 Å². The maximum absolute atomic E-state index is 12.4. The van der Waals surface area contributed by atoms with Crippen LogP contribution in [0.4, 0.5) is 10.5 Å². The fourth-order valence-corrected chi connectivity index (χ4v) is 4.48. The van der Waals surface area contributed by atoms with Crippen LogP contribution < -0.4 is 15.4 Å². The Balaban J connectivity index is 1.12. The molecule has 2 fully saturated rings. The Morgan fingerprint density at radius 1 is 0.879 bits per heavy atom. The predicted octanol–water partition coefficient (Wildman–Crippen LogP) is 4.05. The first-order chi connectivity index (χ1) is 16.2. The van der Waals surface area contributed by atoms with Gasteiger partial charge in [0.25, 0.3) is 5.91 Å². The maximum atomic E-state index is 12.4.